The van der Waals surface area contributed by atoms with Gasteiger partial charge in [0.05, 0.1) is 33.7 Å². The van der Waals surface area contributed by atoms with Gasteiger partial charge in [-0.1, -0.05) is 39.9 Å². The summed E-state index contributed by atoms with van der Waals surface area (Å²) in [6.07, 6.45) is 0.368. The molecule has 4 rings (SSSR count). The molecule has 1 aromatic rings. The fourth-order valence-electron chi connectivity index (χ4n) is 3.44. The van der Waals surface area contributed by atoms with Crippen LogP contribution in [0.5, 0.6) is 0 Å². The monoisotopic (exact) mass is 472 g/mol. The largest absolute Gasteiger partial charge is 0.311 e. The van der Waals surface area contributed by atoms with Crippen molar-refractivity contribution in [1.29, 1.82) is 0 Å². The minimum absolute atomic E-state index is 0.0537. The highest BCUT2D eigenvalue weighted by Crippen LogP contribution is 2.45. The summed E-state index contributed by atoms with van der Waals surface area (Å²) in [5, 5.41) is 0. The number of thiocarbonyl (C=S) groups is 1. The van der Waals surface area contributed by atoms with E-state index >= 15 is 0 Å². The summed E-state index contributed by atoms with van der Waals surface area (Å²) in [4.78, 5) is 28.9. The van der Waals surface area contributed by atoms with Gasteiger partial charge in [-0.25, -0.2) is 8.42 Å². The van der Waals surface area contributed by atoms with Crippen LogP contribution in [0.4, 0.5) is 5.69 Å². The Bertz CT molecular complexity index is 1020. The number of hydrogen-bond acceptors (Lipinski definition) is 6. The molecule has 2 amide bonds. The van der Waals surface area contributed by atoms with Crippen LogP contribution in [0.15, 0.2) is 27.6 Å². The number of nitrogens with zero attached hydrogens (tertiary/aromatic N) is 2. The second-order valence-corrected chi connectivity index (χ2v) is 11.1. The van der Waals surface area contributed by atoms with Crippen LogP contribution in [0.2, 0.25) is 0 Å². The van der Waals surface area contributed by atoms with Gasteiger partial charge in [0.2, 0.25) is 0 Å². The number of halogens is 1. The van der Waals surface area contributed by atoms with Crippen LogP contribution in [-0.4, -0.2) is 54.0 Å². The molecule has 2 saturated heterocycles. The van der Waals surface area contributed by atoms with E-state index < -0.39 is 15.9 Å². The van der Waals surface area contributed by atoms with Crippen LogP contribution in [0.3, 0.4) is 0 Å². The number of amides is 2. The van der Waals surface area contributed by atoms with Gasteiger partial charge in [0.25, 0.3) is 11.8 Å². The molecule has 0 radical (unpaired) electrons. The summed E-state index contributed by atoms with van der Waals surface area (Å²) in [7, 11) is -1.49. The highest BCUT2D eigenvalue weighted by molar-refractivity contribution is 9.10. The smallest absolute Gasteiger partial charge is 0.267 e. The lowest BCUT2D eigenvalue weighted by atomic mass is 10.1. The van der Waals surface area contributed by atoms with Crippen molar-refractivity contribution in [2.24, 2.45) is 0 Å². The van der Waals surface area contributed by atoms with Gasteiger partial charge in [-0.3, -0.25) is 14.5 Å². The Labute approximate surface area is 168 Å². The number of rotatable bonds is 1. The van der Waals surface area contributed by atoms with Crippen molar-refractivity contribution in [2.45, 2.75) is 12.5 Å². The first-order valence-corrected chi connectivity index (χ1v) is 11.6. The zero-order valence-electron chi connectivity index (χ0n) is 13.6. The van der Waals surface area contributed by atoms with Crippen molar-refractivity contribution in [3.05, 3.63) is 33.1 Å². The average molecular weight is 473 g/mol. The summed E-state index contributed by atoms with van der Waals surface area (Å²) in [6, 6.07) is 5.00. The molecule has 0 spiro atoms. The van der Waals surface area contributed by atoms with Gasteiger partial charge in [-0.05, 0) is 24.6 Å². The van der Waals surface area contributed by atoms with Crippen LogP contribution in [-0.2, 0) is 19.4 Å². The standard InChI is InChI=1S/C16H13BrN2O4S3/c1-18-11-3-2-8(17)6-10(11)12(14(18)20)13-15(21)19(16(24)25-13)9-4-5-26(22,23)7-9/h2-3,6,9H,4-5,7H2,1H3/b13-12-/t9-/m1/s1. The van der Waals surface area contributed by atoms with E-state index in [1.54, 1.807) is 13.1 Å². The van der Waals surface area contributed by atoms with Crippen LogP contribution < -0.4 is 4.90 Å². The quantitative estimate of drug-likeness (QED) is 0.460. The second kappa shape index (κ2) is 6.15. The number of thioether (sulfide) groups is 1. The molecule has 0 aliphatic carbocycles. The second-order valence-electron chi connectivity index (χ2n) is 6.33. The maximum atomic E-state index is 13.0. The van der Waals surface area contributed by atoms with Gasteiger partial charge in [-0.2, -0.15) is 0 Å². The van der Waals surface area contributed by atoms with Crippen molar-refractivity contribution in [3.8, 4) is 0 Å². The third-order valence-corrected chi connectivity index (χ3v) is 8.35. The number of hydrogen-bond donors (Lipinski definition) is 0. The molecule has 3 heterocycles. The lowest BCUT2D eigenvalue weighted by Crippen LogP contribution is -2.39. The Morgan fingerprint density at radius 1 is 1.27 bits per heavy atom. The van der Waals surface area contributed by atoms with Crippen molar-refractivity contribution in [1.82, 2.24) is 4.90 Å². The van der Waals surface area contributed by atoms with E-state index in [9.17, 15) is 18.0 Å². The third-order valence-electron chi connectivity index (χ3n) is 4.71. The Kier molecular flexibility index (Phi) is 4.29. The fraction of sp³-hybridized carbons (Fsp3) is 0.312. The number of sulfone groups is 1. The highest BCUT2D eigenvalue weighted by Gasteiger charge is 2.45. The zero-order chi connectivity index (χ0) is 18.8. The first-order valence-electron chi connectivity index (χ1n) is 7.77. The molecule has 0 unspecified atom stereocenters. The molecule has 0 saturated carbocycles. The average Bonchev–Trinajstić information content (AvgIpc) is 3.13. The lowest BCUT2D eigenvalue weighted by Gasteiger charge is -2.21. The fourth-order valence-corrected chi connectivity index (χ4v) is 6.97. The van der Waals surface area contributed by atoms with Gasteiger partial charge in [-0.15, -0.1) is 0 Å². The van der Waals surface area contributed by atoms with E-state index in [-0.39, 0.29) is 28.2 Å². The predicted molar refractivity (Wildman–Crippen MR) is 109 cm³/mol. The van der Waals surface area contributed by atoms with Gasteiger partial charge < -0.3 is 4.90 Å². The van der Waals surface area contributed by atoms with Crippen LogP contribution in [0.25, 0.3) is 5.57 Å². The summed E-state index contributed by atoms with van der Waals surface area (Å²) in [5.74, 6) is -0.680. The molecular weight excluding hydrogens is 460 g/mol. The molecule has 1 aromatic carbocycles. The molecular formula is C16H13BrN2O4S3. The molecule has 26 heavy (non-hydrogen) atoms. The summed E-state index contributed by atoms with van der Waals surface area (Å²) in [5.41, 5.74) is 1.72. The maximum absolute atomic E-state index is 13.0. The number of carbonyl (C=O) groups is 2. The Hall–Kier alpha value is -1.23. The molecule has 0 aromatic heterocycles. The molecule has 2 fully saturated rings. The number of likely N-dealkylation sites (N-methyl/N-ethyl adjacent to an activating group) is 1. The Balaban J connectivity index is 1.80. The van der Waals surface area contributed by atoms with Crippen LogP contribution in [0, 0.1) is 0 Å². The van der Waals surface area contributed by atoms with E-state index in [1.807, 2.05) is 12.1 Å². The Morgan fingerprint density at radius 3 is 2.65 bits per heavy atom. The first-order chi connectivity index (χ1) is 12.2. The van der Waals surface area contributed by atoms with Gasteiger partial charge >= 0.3 is 0 Å². The highest BCUT2D eigenvalue weighted by atomic mass is 79.9. The van der Waals surface area contributed by atoms with E-state index in [0.717, 1.165) is 21.9 Å². The van der Waals surface area contributed by atoms with E-state index in [0.29, 0.717) is 21.9 Å². The SMILES string of the molecule is CN1C(=O)/C(=C2\SC(=S)N([C@@H]3CCS(=O)(=O)C3)C2=O)c2cc(Br)ccc21. The van der Waals surface area contributed by atoms with E-state index in [2.05, 4.69) is 15.9 Å². The molecule has 3 aliphatic heterocycles. The molecule has 10 heteroatoms. The predicted octanol–water partition coefficient (Wildman–Crippen LogP) is 2.18. The minimum atomic E-state index is -3.15. The number of fused-ring (bicyclic) bond motifs is 1. The van der Waals surface area contributed by atoms with Gasteiger partial charge in [0.1, 0.15) is 4.32 Å². The molecule has 1 atom stereocenters. The number of anilines is 1. The maximum Gasteiger partial charge on any atom is 0.267 e. The molecule has 3 aliphatic rings. The van der Waals surface area contributed by atoms with E-state index in [4.69, 9.17) is 12.2 Å². The minimum Gasteiger partial charge on any atom is -0.311 e. The molecule has 0 N–H and O–H groups in total. The zero-order valence-corrected chi connectivity index (χ0v) is 17.6. The van der Waals surface area contributed by atoms with Crippen molar-refractivity contribution in [2.75, 3.05) is 23.5 Å². The Morgan fingerprint density at radius 2 is 2.00 bits per heavy atom. The van der Waals surface area contributed by atoms with Gasteiger partial charge in [0, 0.05) is 17.1 Å². The van der Waals surface area contributed by atoms with Crippen LogP contribution in [0.1, 0.15) is 12.0 Å². The van der Waals surface area contributed by atoms with Crippen molar-refractivity contribution < 1.29 is 18.0 Å². The topological polar surface area (TPSA) is 74.8 Å². The van der Waals surface area contributed by atoms with Crippen LogP contribution >= 0.6 is 39.9 Å². The molecule has 0 bridgehead atoms. The molecule has 136 valence electrons. The van der Waals surface area contributed by atoms with Crippen molar-refractivity contribution in [3.63, 3.8) is 0 Å². The first kappa shape index (κ1) is 18.1. The lowest BCUT2D eigenvalue weighted by molar-refractivity contribution is -0.123. The summed E-state index contributed by atoms with van der Waals surface area (Å²) < 4.78 is 24.7. The van der Waals surface area contributed by atoms with Crippen molar-refractivity contribution >= 4 is 77.1 Å². The molecule has 6 nitrogen and oxygen atoms in total. The van der Waals surface area contributed by atoms with Gasteiger partial charge in [0.15, 0.2) is 9.84 Å². The summed E-state index contributed by atoms with van der Waals surface area (Å²) >= 11 is 9.81. The number of carbonyl (C=O) groups excluding carboxylic acids is 2. The normalized spacial score (nSPS) is 27.6. The number of benzene rings is 1. The third kappa shape index (κ3) is 2.74. The summed E-state index contributed by atoms with van der Waals surface area (Å²) in [6.45, 7) is 0. The van der Waals surface area contributed by atoms with E-state index in [1.165, 1.54) is 9.80 Å².